The van der Waals surface area contributed by atoms with Crippen LogP contribution in [0.3, 0.4) is 0 Å². The fraction of sp³-hybridized carbons (Fsp3) is 0.556. The standard InChI is InChI=1S/C18H23BrN2O2/c1-12-5-7-20(8-6-12)18(23)14-10-17(22)21(11-14)15-3-4-16(19)13(2)9-15/h3-4,9,12,14H,5-8,10-11H2,1-2H3. The van der Waals surface area contributed by atoms with Crippen LogP contribution in [0.2, 0.25) is 0 Å². The predicted molar refractivity (Wildman–Crippen MR) is 94.3 cm³/mol. The molecule has 0 aromatic heterocycles. The molecule has 2 aliphatic rings. The van der Waals surface area contributed by atoms with Crippen LogP contribution in [-0.4, -0.2) is 36.3 Å². The van der Waals surface area contributed by atoms with E-state index < -0.39 is 0 Å². The molecule has 1 atom stereocenters. The van der Waals surface area contributed by atoms with E-state index in [1.54, 1.807) is 4.90 Å². The quantitative estimate of drug-likeness (QED) is 0.791. The van der Waals surface area contributed by atoms with E-state index in [9.17, 15) is 9.59 Å². The monoisotopic (exact) mass is 378 g/mol. The highest BCUT2D eigenvalue weighted by Gasteiger charge is 2.37. The van der Waals surface area contributed by atoms with Crippen LogP contribution in [0.25, 0.3) is 0 Å². The van der Waals surface area contributed by atoms with Crippen molar-refractivity contribution in [3.05, 3.63) is 28.2 Å². The van der Waals surface area contributed by atoms with Gasteiger partial charge in [0.1, 0.15) is 0 Å². The van der Waals surface area contributed by atoms with Gasteiger partial charge in [0.15, 0.2) is 0 Å². The summed E-state index contributed by atoms with van der Waals surface area (Å²) in [6, 6.07) is 5.89. The number of aryl methyl sites for hydroxylation is 1. The first kappa shape index (κ1) is 16.5. The Morgan fingerprint density at radius 3 is 2.61 bits per heavy atom. The molecule has 2 heterocycles. The van der Waals surface area contributed by atoms with E-state index in [1.165, 1.54) is 0 Å². The molecule has 2 saturated heterocycles. The second kappa shape index (κ2) is 6.63. The largest absolute Gasteiger partial charge is 0.342 e. The second-order valence-corrected chi connectivity index (χ2v) is 7.70. The molecule has 3 rings (SSSR count). The summed E-state index contributed by atoms with van der Waals surface area (Å²) in [6.45, 7) is 6.42. The van der Waals surface area contributed by atoms with E-state index >= 15 is 0 Å². The van der Waals surface area contributed by atoms with Crippen molar-refractivity contribution in [1.82, 2.24) is 4.90 Å². The summed E-state index contributed by atoms with van der Waals surface area (Å²) in [6.07, 6.45) is 2.48. The van der Waals surface area contributed by atoms with Gasteiger partial charge in [0.25, 0.3) is 0 Å². The zero-order valence-electron chi connectivity index (χ0n) is 13.7. The van der Waals surface area contributed by atoms with Gasteiger partial charge in [-0.15, -0.1) is 0 Å². The number of rotatable bonds is 2. The maximum atomic E-state index is 12.7. The minimum Gasteiger partial charge on any atom is -0.342 e. The van der Waals surface area contributed by atoms with Crippen LogP contribution in [0.15, 0.2) is 22.7 Å². The van der Waals surface area contributed by atoms with Gasteiger partial charge in [-0.3, -0.25) is 9.59 Å². The summed E-state index contributed by atoms with van der Waals surface area (Å²) in [4.78, 5) is 28.8. The van der Waals surface area contributed by atoms with Crippen LogP contribution >= 0.6 is 15.9 Å². The van der Waals surface area contributed by atoms with E-state index in [4.69, 9.17) is 0 Å². The molecule has 4 nitrogen and oxygen atoms in total. The first-order chi connectivity index (χ1) is 11.0. The van der Waals surface area contributed by atoms with Gasteiger partial charge in [-0.25, -0.2) is 0 Å². The molecule has 1 aromatic carbocycles. The first-order valence-corrected chi connectivity index (χ1v) is 9.10. The Kier molecular flexibility index (Phi) is 4.76. The molecule has 0 aliphatic carbocycles. The minimum absolute atomic E-state index is 0.0513. The Morgan fingerprint density at radius 1 is 1.26 bits per heavy atom. The summed E-state index contributed by atoms with van der Waals surface area (Å²) in [7, 11) is 0. The van der Waals surface area contributed by atoms with Crippen molar-refractivity contribution in [3.8, 4) is 0 Å². The normalized spacial score (nSPS) is 22.7. The molecule has 5 heteroatoms. The lowest BCUT2D eigenvalue weighted by molar-refractivity contribution is -0.137. The van der Waals surface area contributed by atoms with E-state index in [0.29, 0.717) is 18.9 Å². The molecule has 2 aliphatic heterocycles. The number of carbonyl (C=O) groups excluding carboxylic acids is 2. The summed E-state index contributed by atoms with van der Waals surface area (Å²) < 4.78 is 1.03. The second-order valence-electron chi connectivity index (χ2n) is 6.85. The van der Waals surface area contributed by atoms with Crippen molar-refractivity contribution < 1.29 is 9.59 Å². The fourth-order valence-corrected chi connectivity index (χ4v) is 3.65. The number of anilines is 1. The zero-order chi connectivity index (χ0) is 16.6. The molecule has 1 aromatic rings. The third kappa shape index (κ3) is 3.44. The molecule has 2 fully saturated rings. The van der Waals surface area contributed by atoms with E-state index in [1.807, 2.05) is 30.0 Å². The molecule has 0 radical (unpaired) electrons. The van der Waals surface area contributed by atoms with Crippen molar-refractivity contribution in [2.24, 2.45) is 11.8 Å². The number of likely N-dealkylation sites (tertiary alicyclic amines) is 1. The lowest BCUT2D eigenvalue weighted by Gasteiger charge is -2.32. The van der Waals surface area contributed by atoms with Crippen LogP contribution in [0.5, 0.6) is 0 Å². The molecule has 0 bridgehead atoms. The Balaban J connectivity index is 1.69. The molecule has 124 valence electrons. The van der Waals surface area contributed by atoms with E-state index in [0.717, 1.165) is 41.7 Å². The Morgan fingerprint density at radius 2 is 1.96 bits per heavy atom. The third-order valence-electron chi connectivity index (χ3n) is 5.02. The lowest BCUT2D eigenvalue weighted by atomic mass is 9.97. The Labute approximate surface area is 146 Å². The van der Waals surface area contributed by atoms with E-state index in [2.05, 4.69) is 22.9 Å². The highest BCUT2D eigenvalue weighted by molar-refractivity contribution is 9.10. The average Bonchev–Trinajstić information content (AvgIpc) is 2.92. The average molecular weight is 379 g/mol. The van der Waals surface area contributed by atoms with Crippen LogP contribution in [0.1, 0.15) is 31.7 Å². The molecule has 23 heavy (non-hydrogen) atoms. The minimum atomic E-state index is -0.195. The molecule has 1 unspecified atom stereocenters. The summed E-state index contributed by atoms with van der Waals surface area (Å²) in [5.41, 5.74) is 1.98. The van der Waals surface area contributed by atoms with Crippen molar-refractivity contribution in [1.29, 1.82) is 0 Å². The summed E-state index contributed by atoms with van der Waals surface area (Å²) >= 11 is 3.48. The number of hydrogen-bond acceptors (Lipinski definition) is 2. The highest BCUT2D eigenvalue weighted by atomic mass is 79.9. The summed E-state index contributed by atoms with van der Waals surface area (Å²) in [5, 5.41) is 0. The van der Waals surface area contributed by atoms with Gasteiger partial charge in [0.05, 0.1) is 5.92 Å². The summed E-state index contributed by atoms with van der Waals surface area (Å²) in [5.74, 6) is 0.711. The van der Waals surface area contributed by atoms with Crippen molar-refractivity contribution in [2.75, 3.05) is 24.5 Å². The van der Waals surface area contributed by atoms with Crippen molar-refractivity contribution >= 4 is 33.4 Å². The molecular formula is C18H23BrN2O2. The third-order valence-corrected chi connectivity index (χ3v) is 5.91. The number of carbonyl (C=O) groups is 2. The molecule has 2 amide bonds. The maximum Gasteiger partial charge on any atom is 0.228 e. The number of hydrogen-bond donors (Lipinski definition) is 0. The SMILES string of the molecule is Cc1cc(N2CC(C(=O)N3CCC(C)CC3)CC2=O)ccc1Br. The zero-order valence-corrected chi connectivity index (χ0v) is 15.3. The van der Waals surface area contributed by atoms with Gasteiger partial charge in [-0.2, -0.15) is 0 Å². The smallest absolute Gasteiger partial charge is 0.228 e. The molecule has 0 saturated carbocycles. The van der Waals surface area contributed by atoms with Crippen LogP contribution in [0.4, 0.5) is 5.69 Å². The number of amides is 2. The van der Waals surface area contributed by atoms with Gasteiger partial charge < -0.3 is 9.80 Å². The molecular weight excluding hydrogens is 356 g/mol. The maximum absolute atomic E-state index is 12.7. The number of piperidine rings is 1. The lowest BCUT2D eigenvalue weighted by Crippen LogP contribution is -2.42. The Bertz CT molecular complexity index is 623. The first-order valence-electron chi connectivity index (χ1n) is 8.31. The van der Waals surface area contributed by atoms with E-state index in [-0.39, 0.29) is 17.7 Å². The predicted octanol–water partition coefficient (Wildman–Crippen LogP) is 3.37. The number of nitrogens with zero attached hydrogens (tertiary/aromatic N) is 2. The Hall–Kier alpha value is -1.36. The fourth-order valence-electron chi connectivity index (χ4n) is 3.41. The topological polar surface area (TPSA) is 40.6 Å². The molecule has 0 spiro atoms. The van der Waals surface area contributed by atoms with Crippen molar-refractivity contribution in [3.63, 3.8) is 0 Å². The van der Waals surface area contributed by atoms with Crippen LogP contribution < -0.4 is 4.90 Å². The van der Waals surface area contributed by atoms with Gasteiger partial charge >= 0.3 is 0 Å². The van der Waals surface area contributed by atoms with Crippen molar-refractivity contribution in [2.45, 2.75) is 33.1 Å². The highest BCUT2D eigenvalue weighted by Crippen LogP contribution is 2.30. The van der Waals surface area contributed by atoms with Gasteiger partial charge in [0.2, 0.25) is 11.8 Å². The molecule has 0 N–H and O–H groups in total. The number of halogens is 1. The number of benzene rings is 1. The van der Waals surface area contributed by atoms with Crippen LogP contribution in [-0.2, 0) is 9.59 Å². The van der Waals surface area contributed by atoms with Crippen LogP contribution in [0, 0.1) is 18.8 Å². The van der Waals surface area contributed by atoms with Gasteiger partial charge in [-0.1, -0.05) is 22.9 Å². The van der Waals surface area contributed by atoms with Gasteiger partial charge in [0, 0.05) is 36.2 Å². The van der Waals surface area contributed by atoms with Gasteiger partial charge in [-0.05, 0) is 49.4 Å².